The second-order valence-electron chi connectivity index (χ2n) is 4.36. The Balaban J connectivity index is 2.10. The standard InChI is InChI=1S/C15H10Br2N4/c16-9-5-7-10(8-6-9)20-21-13-11-3-1-2-4-12(11)14(17)19-15(13)18/h1-8H,(H2,18,19). The van der Waals surface area contributed by atoms with Crippen molar-refractivity contribution in [2.24, 2.45) is 10.2 Å². The number of nitrogens with zero attached hydrogens (tertiary/aromatic N) is 3. The summed E-state index contributed by atoms with van der Waals surface area (Å²) in [7, 11) is 0. The molecule has 0 radical (unpaired) electrons. The summed E-state index contributed by atoms with van der Waals surface area (Å²) in [5.41, 5.74) is 7.31. The van der Waals surface area contributed by atoms with E-state index >= 15 is 0 Å². The summed E-state index contributed by atoms with van der Waals surface area (Å²) in [5, 5.41) is 10.4. The summed E-state index contributed by atoms with van der Waals surface area (Å²) in [6.45, 7) is 0. The molecule has 0 atom stereocenters. The number of anilines is 1. The van der Waals surface area contributed by atoms with Gasteiger partial charge in [0.2, 0.25) is 0 Å². The zero-order chi connectivity index (χ0) is 14.8. The predicted octanol–water partition coefficient (Wildman–Crippen LogP) is 5.76. The molecule has 2 aromatic carbocycles. The third kappa shape index (κ3) is 2.96. The van der Waals surface area contributed by atoms with E-state index in [4.69, 9.17) is 5.73 Å². The van der Waals surface area contributed by atoms with Gasteiger partial charge in [0.1, 0.15) is 10.3 Å². The summed E-state index contributed by atoms with van der Waals surface area (Å²) < 4.78 is 1.70. The number of pyridine rings is 1. The highest BCUT2D eigenvalue weighted by molar-refractivity contribution is 9.10. The lowest BCUT2D eigenvalue weighted by molar-refractivity contribution is 1.21. The molecule has 0 spiro atoms. The second kappa shape index (κ2) is 5.91. The molecule has 3 aromatic rings. The number of halogens is 2. The monoisotopic (exact) mass is 404 g/mol. The lowest BCUT2D eigenvalue weighted by atomic mass is 10.1. The van der Waals surface area contributed by atoms with E-state index in [1.54, 1.807) is 0 Å². The van der Waals surface area contributed by atoms with E-state index in [-0.39, 0.29) is 0 Å². The molecule has 0 saturated heterocycles. The molecule has 0 saturated carbocycles. The molecule has 0 aliphatic rings. The van der Waals surface area contributed by atoms with Crippen LogP contribution in [0.25, 0.3) is 10.8 Å². The average molecular weight is 406 g/mol. The summed E-state index contributed by atoms with van der Waals surface area (Å²) >= 11 is 6.80. The number of benzene rings is 2. The minimum atomic E-state index is 0.349. The Hall–Kier alpha value is -1.79. The van der Waals surface area contributed by atoms with Crippen molar-refractivity contribution in [3.8, 4) is 0 Å². The summed E-state index contributed by atoms with van der Waals surface area (Å²) in [6, 6.07) is 15.4. The first-order chi connectivity index (χ1) is 10.1. The van der Waals surface area contributed by atoms with Gasteiger partial charge in [-0.15, -0.1) is 5.11 Å². The van der Waals surface area contributed by atoms with Crippen molar-refractivity contribution in [3.63, 3.8) is 0 Å². The van der Waals surface area contributed by atoms with Gasteiger partial charge in [0.15, 0.2) is 5.82 Å². The molecular formula is C15H10Br2N4. The predicted molar refractivity (Wildman–Crippen MR) is 92.2 cm³/mol. The minimum absolute atomic E-state index is 0.349. The van der Waals surface area contributed by atoms with Crippen LogP contribution in [0.5, 0.6) is 0 Å². The van der Waals surface area contributed by atoms with Crippen LogP contribution >= 0.6 is 31.9 Å². The van der Waals surface area contributed by atoms with Crippen molar-refractivity contribution in [1.82, 2.24) is 4.98 Å². The molecule has 1 aromatic heterocycles. The number of nitrogens with two attached hydrogens (primary N) is 1. The Bertz CT molecular complexity index is 829. The van der Waals surface area contributed by atoms with Gasteiger partial charge in [0.25, 0.3) is 0 Å². The largest absolute Gasteiger partial charge is 0.382 e. The molecule has 1 heterocycles. The molecule has 6 heteroatoms. The van der Waals surface area contributed by atoms with E-state index in [9.17, 15) is 0 Å². The van der Waals surface area contributed by atoms with E-state index in [0.717, 1.165) is 20.9 Å². The molecule has 104 valence electrons. The first-order valence-electron chi connectivity index (χ1n) is 6.16. The van der Waals surface area contributed by atoms with E-state index in [1.165, 1.54) is 0 Å². The quantitative estimate of drug-likeness (QED) is 0.435. The van der Waals surface area contributed by atoms with Gasteiger partial charge in [-0.2, -0.15) is 5.11 Å². The van der Waals surface area contributed by atoms with Gasteiger partial charge in [-0.3, -0.25) is 0 Å². The molecular weight excluding hydrogens is 396 g/mol. The normalized spacial score (nSPS) is 11.3. The van der Waals surface area contributed by atoms with Crippen LogP contribution in [0.2, 0.25) is 0 Å². The van der Waals surface area contributed by atoms with Crippen LogP contribution in [0.1, 0.15) is 0 Å². The van der Waals surface area contributed by atoms with Crippen molar-refractivity contribution in [3.05, 3.63) is 57.6 Å². The molecule has 0 fully saturated rings. The first kappa shape index (κ1) is 14.2. The van der Waals surface area contributed by atoms with Gasteiger partial charge < -0.3 is 5.73 Å². The molecule has 0 aliphatic carbocycles. The van der Waals surface area contributed by atoms with Gasteiger partial charge in [-0.05, 0) is 40.2 Å². The van der Waals surface area contributed by atoms with Crippen molar-refractivity contribution in [1.29, 1.82) is 0 Å². The van der Waals surface area contributed by atoms with Crippen LogP contribution in [-0.4, -0.2) is 4.98 Å². The molecule has 0 bridgehead atoms. The fourth-order valence-corrected chi connectivity index (χ4v) is 2.75. The maximum atomic E-state index is 5.97. The van der Waals surface area contributed by atoms with Crippen LogP contribution in [-0.2, 0) is 0 Å². The van der Waals surface area contributed by atoms with Gasteiger partial charge >= 0.3 is 0 Å². The maximum Gasteiger partial charge on any atom is 0.153 e. The fraction of sp³-hybridized carbons (Fsp3) is 0. The van der Waals surface area contributed by atoms with Crippen molar-refractivity contribution >= 4 is 59.8 Å². The Morgan fingerprint density at radius 2 is 1.52 bits per heavy atom. The van der Waals surface area contributed by atoms with Crippen molar-refractivity contribution in [2.75, 3.05) is 5.73 Å². The molecule has 2 N–H and O–H groups in total. The lowest BCUT2D eigenvalue weighted by Gasteiger charge is -2.06. The van der Waals surface area contributed by atoms with Gasteiger partial charge in [0.05, 0.1) is 5.69 Å². The third-order valence-corrected chi connectivity index (χ3v) is 4.09. The Morgan fingerprint density at radius 3 is 2.24 bits per heavy atom. The molecule has 3 rings (SSSR count). The molecule has 21 heavy (non-hydrogen) atoms. The maximum absolute atomic E-state index is 5.97. The average Bonchev–Trinajstić information content (AvgIpc) is 2.49. The van der Waals surface area contributed by atoms with Crippen LogP contribution in [0, 0.1) is 0 Å². The number of hydrogen-bond donors (Lipinski definition) is 1. The molecule has 0 aliphatic heterocycles. The fourth-order valence-electron chi connectivity index (χ4n) is 1.95. The zero-order valence-electron chi connectivity index (χ0n) is 10.8. The smallest absolute Gasteiger partial charge is 0.153 e. The van der Waals surface area contributed by atoms with E-state index in [1.807, 2.05) is 48.5 Å². The Labute approximate surface area is 138 Å². The zero-order valence-corrected chi connectivity index (χ0v) is 14.0. The minimum Gasteiger partial charge on any atom is -0.382 e. The third-order valence-electron chi connectivity index (χ3n) is 2.96. The summed E-state index contributed by atoms with van der Waals surface area (Å²) in [6.07, 6.45) is 0. The van der Waals surface area contributed by atoms with Gasteiger partial charge in [0, 0.05) is 15.2 Å². The van der Waals surface area contributed by atoms with E-state index in [0.29, 0.717) is 16.1 Å². The Kier molecular flexibility index (Phi) is 3.98. The summed E-state index contributed by atoms with van der Waals surface area (Å²) in [5.74, 6) is 0.349. The summed E-state index contributed by atoms with van der Waals surface area (Å²) in [4.78, 5) is 4.26. The van der Waals surface area contributed by atoms with Crippen LogP contribution in [0.4, 0.5) is 17.2 Å². The number of rotatable bonds is 2. The second-order valence-corrected chi connectivity index (χ2v) is 6.03. The molecule has 4 nitrogen and oxygen atoms in total. The topological polar surface area (TPSA) is 63.6 Å². The highest BCUT2D eigenvalue weighted by Crippen LogP contribution is 2.35. The van der Waals surface area contributed by atoms with Gasteiger partial charge in [-0.1, -0.05) is 40.2 Å². The Morgan fingerprint density at radius 1 is 0.857 bits per heavy atom. The SMILES string of the molecule is Nc1nc(Br)c2ccccc2c1N=Nc1ccc(Br)cc1. The lowest BCUT2D eigenvalue weighted by Crippen LogP contribution is -1.92. The highest BCUT2D eigenvalue weighted by Gasteiger charge is 2.09. The molecule has 0 amide bonds. The number of aromatic nitrogens is 1. The van der Waals surface area contributed by atoms with Crippen molar-refractivity contribution < 1.29 is 0 Å². The van der Waals surface area contributed by atoms with Gasteiger partial charge in [-0.25, -0.2) is 4.98 Å². The highest BCUT2D eigenvalue weighted by atomic mass is 79.9. The number of azo groups is 1. The number of fused-ring (bicyclic) bond motifs is 1. The van der Waals surface area contributed by atoms with Crippen LogP contribution < -0.4 is 5.73 Å². The van der Waals surface area contributed by atoms with E-state index < -0.39 is 0 Å². The number of hydrogen-bond acceptors (Lipinski definition) is 4. The first-order valence-corrected chi connectivity index (χ1v) is 7.75. The van der Waals surface area contributed by atoms with Crippen molar-refractivity contribution in [2.45, 2.75) is 0 Å². The number of nitrogen functional groups attached to an aromatic ring is 1. The van der Waals surface area contributed by atoms with E-state index in [2.05, 4.69) is 47.1 Å². The van der Waals surface area contributed by atoms with Crippen LogP contribution in [0.3, 0.4) is 0 Å². The van der Waals surface area contributed by atoms with Crippen LogP contribution in [0.15, 0.2) is 67.8 Å². The molecule has 0 unspecified atom stereocenters.